The van der Waals surface area contributed by atoms with Gasteiger partial charge in [-0.3, -0.25) is 0 Å². The van der Waals surface area contributed by atoms with Crippen LogP contribution in [0.2, 0.25) is 0 Å². The average molecular weight is 233 g/mol. The minimum atomic E-state index is 0.525. The average Bonchev–Trinajstić information content (AvgIpc) is 2.82. The first-order valence-electron chi connectivity index (χ1n) is 6.68. The fourth-order valence-electron chi connectivity index (χ4n) is 2.29. The lowest BCUT2D eigenvalue weighted by atomic mass is 10.1. The molecule has 1 aromatic rings. The van der Waals surface area contributed by atoms with Gasteiger partial charge < -0.3 is 10.1 Å². The topological polar surface area (TPSA) is 21.3 Å². The molecule has 1 saturated heterocycles. The molecule has 1 atom stereocenters. The summed E-state index contributed by atoms with van der Waals surface area (Å²) in [6.45, 7) is 6.32. The molecular formula is C15H23NO. The molecule has 0 bridgehead atoms. The van der Waals surface area contributed by atoms with Crippen LogP contribution in [-0.2, 0) is 4.74 Å². The van der Waals surface area contributed by atoms with Gasteiger partial charge in [-0.25, -0.2) is 0 Å². The van der Waals surface area contributed by atoms with Crippen molar-refractivity contribution in [2.75, 3.05) is 18.5 Å². The molecule has 0 radical (unpaired) electrons. The predicted octanol–water partition coefficient (Wildman–Crippen LogP) is 3.67. The summed E-state index contributed by atoms with van der Waals surface area (Å²) in [5, 5.41) is 3.48. The maximum absolute atomic E-state index is 5.61. The first kappa shape index (κ1) is 12.4. The van der Waals surface area contributed by atoms with Crippen molar-refractivity contribution in [2.45, 2.75) is 45.6 Å². The molecule has 1 aliphatic heterocycles. The van der Waals surface area contributed by atoms with E-state index in [2.05, 4.69) is 37.4 Å². The third-order valence-electron chi connectivity index (χ3n) is 3.56. The van der Waals surface area contributed by atoms with E-state index < -0.39 is 0 Å². The first-order valence-corrected chi connectivity index (χ1v) is 6.68. The molecule has 0 aromatic heterocycles. The molecule has 94 valence electrons. The van der Waals surface area contributed by atoms with Gasteiger partial charge in [0.05, 0.1) is 6.10 Å². The van der Waals surface area contributed by atoms with Crippen LogP contribution in [0.5, 0.6) is 0 Å². The van der Waals surface area contributed by atoms with Crippen LogP contribution in [0.4, 0.5) is 5.69 Å². The number of nitrogens with one attached hydrogen (secondary N) is 1. The molecule has 1 aliphatic rings. The van der Waals surface area contributed by atoms with Gasteiger partial charge in [0.25, 0.3) is 0 Å². The molecule has 0 amide bonds. The van der Waals surface area contributed by atoms with Crippen LogP contribution < -0.4 is 5.32 Å². The summed E-state index contributed by atoms with van der Waals surface area (Å²) >= 11 is 0. The van der Waals surface area contributed by atoms with Crippen molar-refractivity contribution < 1.29 is 4.74 Å². The first-order chi connectivity index (χ1) is 8.25. The quantitative estimate of drug-likeness (QED) is 0.783. The van der Waals surface area contributed by atoms with Crippen molar-refractivity contribution in [3.63, 3.8) is 0 Å². The highest BCUT2D eigenvalue weighted by Gasteiger charge is 2.14. The fraction of sp³-hybridized carbons (Fsp3) is 0.600. The molecule has 0 saturated carbocycles. The Morgan fingerprint density at radius 3 is 2.88 bits per heavy atom. The van der Waals surface area contributed by atoms with Gasteiger partial charge in [-0.05, 0) is 62.8 Å². The molecule has 2 heteroatoms. The SMILES string of the molecule is Cc1ccc(NCCCC2CCCO2)cc1C. The van der Waals surface area contributed by atoms with Gasteiger partial charge in [0.2, 0.25) is 0 Å². The van der Waals surface area contributed by atoms with E-state index in [1.807, 2.05) is 0 Å². The molecule has 17 heavy (non-hydrogen) atoms. The van der Waals surface area contributed by atoms with Crippen LogP contribution in [0.25, 0.3) is 0 Å². The Morgan fingerprint density at radius 1 is 1.29 bits per heavy atom. The van der Waals surface area contributed by atoms with Crippen LogP contribution in [0.1, 0.15) is 36.8 Å². The summed E-state index contributed by atoms with van der Waals surface area (Å²) in [6, 6.07) is 6.56. The molecule has 0 spiro atoms. The molecule has 1 unspecified atom stereocenters. The van der Waals surface area contributed by atoms with Crippen molar-refractivity contribution in [1.29, 1.82) is 0 Å². The maximum atomic E-state index is 5.61. The van der Waals surface area contributed by atoms with E-state index >= 15 is 0 Å². The van der Waals surface area contributed by atoms with Crippen molar-refractivity contribution in [2.24, 2.45) is 0 Å². The Hall–Kier alpha value is -1.02. The van der Waals surface area contributed by atoms with Crippen molar-refractivity contribution in [1.82, 2.24) is 0 Å². The van der Waals surface area contributed by atoms with E-state index in [0.717, 1.165) is 13.2 Å². The minimum Gasteiger partial charge on any atom is -0.385 e. The maximum Gasteiger partial charge on any atom is 0.0576 e. The summed E-state index contributed by atoms with van der Waals surface area (Å²) in [4.78, 5) is 0. The smallest absolute Gasteiger partial charge is 0.0576 e. The zero-order valence-corrected chi connectivity index (χ0v) is 11.0. The molecule has 0 aliphatic carbocycles. The number of rotatable bonds is 5. The highest BCUT2D eigenvalue weighted by Crippen LogP contribution is 2.17. The van der Waals surface area contributed by atoms with Crippen molar-refractivity contribution in [3.05, 3.63) is 29.3 Å². The second-order valence-corrected chi connectivity index (χ2v) is 5.00. The third-order valence-corrected chi connectivity index (χ3v) is 3.56. The standard InChI is InChI=1S/C15H23NO/c1-12-7-8-14(11-13(12)2)16-9-3-5-15-6-4-10-17-15/h7-8,11,15-16H,3-6,9-10H2,1-2H3. The largest absolute Gasteiger partial charge is 0.385 e. The Bertz CT molecular complexity index is 356. The Morgan fingerprint density at radius 2 is 2.18 bits per heavy atom. The number of anilines is 1. The van der Waals surface area contributed by atoms with E-state index in [9.17, 15) is 0 Å². The second-order valence-electron chi connectivity index (χ2n) is 5.00. The molecular weight excluding hydrogens is 210 g/mol. The lowest BCUT2D eigenvalue weighted by molar-refractivity contribution is 0.103. The summed E-state index contributed by atoms with van der Waals surface area (Å²) in [5.74, 6) is 0. The summed E-state index contributed by atoms with van der Waals surface area (Å²) in [6.07, 6.45) is 5.41. The van der Waals surface area contributed by atoms with Gasteiger partial charge in [-0.15, -0.1) is 0 Å². The zero-order valence-electron chi connectivity index (χ0n) is 11.0. The van der Waals surface area contributed by atoms with Crippen LogP contribution in [0.3, 0.4) is 0 Å². The monoisotopic (exact) mass is 233 g/mol. The molecule has 1 aromatic carbocycles. The highest BCUT2D eigenvalue weighted by molar-refractivity contribution is 5.47. The van der Waals surface area contributed by atoms with Crippen LogP contribution in [-0.4, -0.2) is 19.3 Å². The number of ether oxygens (including phenoxy) is 1. The second kappa shape index (κ2) is 6.06. The Kier molecular flexibility index (Phi) is 4.43. The third kappa shape index (κ3) is 3.74. The minimum absolute atomic E-state index is 0.525. The van der Waals surface area contributed by atoms with Gasteiger partial charge in [0, 0.05) is 18.8 Å². The molecule has 2 nitrogen and oxygen atoms in total. The van der Waals surface area contributed by atoms with Crippen molar-refractivity contribution in [3.8, 4) is 0 Å². The van der Waals surface area contributed by atoms with E-state index in [0.29, 0.717) is 6.10 Å². The van der Waals surface area contributed by atoms with Gasteiger partial charge in [0.15, 0.2) is 0 Å². The zero-order chi connectivity index (χ0) is 12.1. The summed E-state index contributed by atoms with van der Waals surface area (Å²) < 4.78 is 5.61. The van der Waals surface area contributed by atoms with Gasteiger partial charge in [-0.1, -0.05) is 6.07 Å². The molecule has 2 rings (SSSR count). The van der Waals surface area contributed by atoms with E-state index in [1.165, 1.54) is 42.5 Å². The normalized spacial score (nSPS) is 19.5. The predicted molar refractivity (Wildman–Crippen MR) is 72.6 cm³/mol. The van der Waals surface area contributed by atoms with E-state index in [1.54, 1.807) is 0 Å². The number of hydrogen-bond acceptors (Lipinski definition) is 2. The van der Waals surface area contributed by atoms with Crippen LogP contribution in [0, 0.1) is 13.8 Å². The Labute approximate surface area is 104 Å². The lowest BCUT2D eigenvalue weighted by Crippen LogP contribution is -2.09. The van der Waals surface area contributed by atoms with Gasteiger partial charge >= 0.3 is 0 Å². The number of benzene rings is 1. The fourth-order valence-corrected chi connectivity index (χ4v) is 2.29. The van der Waals surface area contributed by atoms with E-state index in [-0.39, 0.29) is 0 Å². The Balaban J connectivity index is 1.68. The van der Waals surface area contributed by atoms with Crippen LogP contribution >= 0.6 is 0 Å². The number of aryl methyl sites for hydroxylation is 2. The summed E-state index contributed by atoms with van der Waals surface area (Å²) in [7, 11) is 0. The summed E-state index contributed by atoms with van der Waals surface area (Å²) in [5.41, 5.74) is 3.95. The molecule has 1 heterocycles. The highest BCUT2D eigenvalue weighted by atomic mass is 16.5. The van der Waals surface area contributed by atoms with Gasteiger partial charge in [-0.2, -0.15) is 0 Å². The number of hydrogen-bond donors (Lipinski definition) is 1. The molecule has 1 fully saturated rings. The lowest BCUT2D eigenvalue weighted by Gasteiger charge is -2.11. The van der Waals surface area contributed by atoms with Crippen molar-refractivity contribution >= 4 is 5.69 Å². The van der Waals surface area contributed by atoms with E-state index in [4.69, 9.17) is 4.74 Å². The van der Waals surface area contributed by atoms with Gasteiger partial charge in [0.1, 0.15) is 0 Å². The molecule has 1 N–H and O–H groups in total. The van der Waals surface area contributed by atoms with Crippen LogP contribution in [0.15, 0.2) is 18.2 Å².